The quantitative estimate of drug-likeness (QED) is 0.741. The fourth-order valence-corrected chi connectivity index (χ4v) is 3.68. The van der Waals surface area contributed by atoms with E-state index in [1.54, 1.807) is 17.8 Å². The molecule has 6 nitrogen and oxygen atoms in total. The number of furan rings is 1. The molecule has 1 fully saturated rings. The molecule has 0 N–H and O–H groups in total. The third kappa shape index (κ3) is 2.79. The summed E-state index contributed by atoms with van der Waals surface area (Å²) >= 11 is 1.43. The molecule has 1 aliphatic rings. The van der Waals surface area contributed by atoms with Crippen molar-refractivity contribution in [3.8, 4) is 10.8 Å². The molecular weight excluding hydrogens is 312 g/mol. The highest BCUT2D eigenvalue weighted by molar-refractivity contribution is 7.13. The van der Waals surface area contributed by atoms with E-state index in [0.717, 1.165) is 24.4 Å². The Bertz CT molecular complexity index is 779. The average Bonchev–Trinajstić information content (AvgIpc) is 3.36. The molecule has 23 heavy (non-hydrogen) atoms. The van der Waals surface area contributed by atoms with Crippen molar-refractivity contribution in [3.63, 3.8) is 0 Å². The lowest BCUT2D eigenvalue weighted by molar-refractivity contribution is 0.0674. The van der Waals surface area contributed by atoms with Crippen LogP contribution in [0.15, 0.2) is 46.9 Å². The summed E-state index contributed by atoms with van der Waals surface area (Å²) < 4.78 is 7.41. The van der Waals surface area contributed by atoms with Gasteiger partial charge in [0.15, 0.2) is 10.8 Å². The number of imidazole rings is 1. The molecule has 0 bridgehead atoms. The van der Waals surface area contributed by atoms with Crippen molar-refractivity contribution in [2.24, 2.45) is 0 Å². The van der Waals surface area contributed by atoms with Crippen molar-refractivity contribution in [1.29, 1.82) is 0 Å². The average molecular weight is 328 g/mol. The van der Waals surface area contributed by atoms with Gasteiger partial charge in [-0.05, 0) is 25.0 Å². The Balaban J connectivity index is 1.50. The van der Waals surface area contributed by atoms with Crippen molar-refractivity contribution in [3.05, 3.63) is 48.2 Å². The molecule has 1 saturated heterocycles. The largest absolute Gasteiger partial charge is 0.462 e. The Kier molecular flexibility index (Phi) is 3.70. The van der Waals surface area contributed by atoms with E-state index in [1.165, 1.54) is 11.3 Å². The monoisotopic (exact) mass is 328 g/mol. The van der Waals surface area contributed by atoms with Gasteiger partial charge >= 0.3 is 0 Å². The lowest BCUT2D eigenvalue weighted by atomic mass is 10.1. The van der Waals surface area contributed by atoms with E-state index in [-0.39, 0.29) is 5.91 Å². The maximum Gasteiger partial charge on any atom is 0.273 e. The Labute approximate surface area is 137 Å². The van der Waals surface area contributed by atoms with Crippen LogP contribution in [0.3, 0.4) is 0 Å². The molecular formula is C16H16N4O2S. The fourth-order valence-electron chi connectivity index (χ4n) is 2.92. The third-order valence-electron chi connectivity index (χ3n) is 4.09. The molecule has 4 heterocycles. The molecule has 1 atom stereocenters. The Morgan fingerprint density at radius 2 is 2.39 bits per heavy atom. The van der Waals surface area contributed by atoms with Crippen molar-refractivity contribution < 1.29 is 9.21 Å². The van der Waals surface area contributed by atoms with E-state index >= 15 is 0 Å². The number of amides is 1. The van der Waals surface area contributed by atoms with Gasteiger partial charge in [0.25, 0.3) is 5.91 Å². The van der Waals surface area contributed by atoms with Gasteiger partial charge in [-0.2, -0.15) is 0 Å². The van der Waals surface area contributed by atoms with Crippen LogP contribution >= 0.6 is 11.3 Å². The summed E-state index contributed by atoms with van der Waals surface area (Å²) in [7, 11) is 0. The van der Waals surface area contributed by atoms with Crippen LogP contribution in [0.4, 0.5) is 0 Å². The summed E-state index contributed by atoms with van der Waals surface area (Å²) in [5, 5.41) is 2.54. The highest BCUT2D eigenvalue weighted by Gasteiger charge is 2.26. The zero-order chi connectivity index (χ0) is 15.6. The lowest BCUT2D eigenvalue weighted by Crippen LogP contribution is -2.40. The molecule has 3 aromatic heterocycles. The topological polar surface area (TPSA) is 64.2 Å². The minimum atomic E-state index is -0.0103. The first-order valence-electron chi connectivity index (χ1n) is 7.57. The number of likely N-dealkylation sites (tertiary alicyclic amines) is 1. The van der Waals surface area contributed by atoms with Gasteiger partial charge in [0.1, 0.15) is 5.69 Å². The van der Waals surface area contributed by atoms with Crippen molar-refractivity contribution in [1.82, 2.24) is 19.4 Å². The lowest BCUT2D eigenvalue weighted by Gasteiger charge is -2.32. The highest BCUT2D eigenvalue weighted by Crippen LogP contribution is 2.26. The number of piperidine rings is 1. The summed E-state index contributed by atoms with van der Waals surface area (Å²) in [6.45, 7) is 1.47. The van der Waals surface area contributed by atoms with Gasteiger partial charge in [-0.1, -0.05) is 0 Å². The Morgan fingerprint density at radius 1 is 1.43 bits per heavy atom. The molecule has 1 aliphatic heterocycles. The smallest absolute Gasteiger partial charge is 0.273 e. The van der Waals surface area contributed by atoms with Crippen LogP contribution in [0.5, 0.6) is 0 Å². The molecule has 118 valence electrons. The molecule has 0 aromatic carbocycles. The standard InChI is InChI=1S/C16H16N4O2S/c21-16(13-10-23-15(18-13)14-4-2-8-22-14)19-6-1-3-12(9-19)20-7-5-17-11-20/h2,4-5,7-8,10-12H,1,3,6,9H2/t12-/m1/s1. The predicted octanol–water partition coefficient (Wildman–Crippen LogP) is 3.08. The zero-order valence-corrected chi connectivity index (χ0v) is 13.3. The van der Waals surface area contributed by atoms with Gasteiger partial charge in [-0.15, -0.1) is 11.3 Å². The van der Waals surface area contributed by atoms with Crippen molar-refractivity contribution >= 4 is 17.2 Å². The van der Waals surface area contributed by atoms with Crippen LogP contribution in [-0.4, -0.2) is 38.4 Å². The molecule has 0 saturated carbocycles. The van der Waals surface area contributed by atoms with Crippen molar-refractivity contribution in [2.45, 2.75) is 18.9 Å². The second-order valence-corrected chi connectivity index (χ2v) is 6.43. The predicted molar refractivity (Wildman–Crippen MR) is 86.2 cm³/mol. The van der Waals surface area contributed by atoms with Crippen LogP contribution in [0.2, 0.25) is 0 Å². The summed E-state index contributed by atoms with van der Waals surface area (Å²) in [6.07, 6.45) is 9.21. The second kappa shape index (κ2) is 6.00. The first-order chi connectivity index (χ1) is 11.3. The second-order valence-electron chi connectivity index (χ2n) is 5.57. The number of carbonyl (C=O) groups is 1. The molecule has 4 rings (SSSR count). The van der Waals surface area contributed by atoms with E-state index in [2.05, 4.69) is 14.5 Å². The van der Waals surface area contributed by atoms with Gasteiger partial charge < -0.3 is 13.9 Å². The Morgan fingerprint density at radius 3 is 3.17 bits per heavy atom. The first-order valence-corrected chi connectivity index (χ1v) is 8.45. The van der Waals surface area contributed by atoms with E-state index in [0.29, 0.717) is 24.0 Å². The number of nitrogens with zero attached hydrogens (tertiary/aromatic N) is 4. The molecule has 1 amide bonds. The minimum Gasteiger partial charge on any atom is -0.462 e. The van der Waals surface area contributed by atoms with E-state index in [1.807, 2.05) is 29.6 Å². The van der Waals surface area contributed by atoms with Crippen molar-refractivity contribution in [2.75, 3.05) is 13.1 Å². The van der Waals surface area contributed by atoms with Crippen LogP contribution in [0.25, 0.3) is 10.8 Å². The van der Waals surface area contributed by atoms with E-state index in [9.17, 15) is 4.79 Å². The van der Waals surface area contributed by atoms with E-state index < -0.39 is 0 Å². The summed E-state index contributed by atoms with van der Waals surface area (Å²) in [6, 6.07) is 3.96. The third-order valence-corrected chi connectivity index (χ3v) is 4.94. The zero-order valence-electron chi connectivity index (χ0n) is 12.5. The molecule has 0 spiro atoms. The maximum absolute atomic E-state index is 12.7. The van der Waals surface area contributed by atoms with Gasteiger partial charge in [0.05, 0.1) is 18.6 Å². The fraction of sp³-hybridized carbons (Fsp3) is 0.312. The summed E-state index contributed by atoms with van der Waals surface area (Å²) in [5.74, 6) is 0.688. The van der Waals surface area contributed by atoms with Gasteiger partial charge in [-0.3, -0.25) is 4.79 Å². The van der Waals surface area contributed by atoms with Crippen LogP contribution in [0, 0.1) is 0 Å². The normalized spacial score (nSPS) is 18.3. The number of hydrogen-bond donors (Lipinski definition) is 0. The van der Waals surface area contributed by atoms with Gasteiger partial charge in [-0.25, -0.2) is 9.97 Å². The Hall–Kier alpha value is -2.41. The summed E-state index contributed by atoms with van der Waals surface area (Å²) in [5.41, 5.74) is 0.493. The van der Waals surface area contributed by atoms with Crippen LogP contribution in [-0.2, 0) is 0 Å². The number of rotatable bonds is 3. The maximum atomic E-state index is 12.7. The summed E-state index contributed by atoms with van der Waals surface area (Å²) in [4.78, 5) is 23.1. The number of aromatic nitrogens is 3. The van der Waals surface area contributed by atoms with Crippen LogP contribution in [0.1, 0.15) is 29.4 Å². The molecule has 7 heteroatoms. The van der Waals surface area contributed by atoms with E-state index in [4.69, 9.17) is 4.42 Å². The minimum absolute atomic E-state index is 0.0103. The molecule has 0 radical (unpaired) electrons. The van der Waals surface area contributed by atoms with Crippen LogP contribution < -0.4 is 0 Å². The number of hydrogen-bond acceptors (Lipinski definition) is 5. The number of thiazole rings is 1. The molecule has 0 unspecified atom stereocenters. The molecule has 0 aliphatic carbocycles. The SMILES string of the molecule is O=C(c1csc(-c2ccco2)n1)N1CCC[C@@H](n2ccnc2)C1. The van der Waals surface area contributed by atoms with Gasteiger partial charge in [0.2, 0.25) is 0 Å². The molecule has 3 aromatic rings. The van der Waals surface area contributed by atoms with Gasteiger partial charge in [0, 0.05) is 30.9 Å². The highest BCUT2D eigenvalue weighted by atomic mass is 32.1. The first kappa shape index (κ1) is 14.2. The number of carbonyl (C=O) groups excluding carboxylic acids is 1.